The Labute approximate surface area is 166 Å². The number of nitrogens with zero attached hydrogens (tertiary/aromatic N) is 3. The number of aromatic nitrogens is 3. The van der Waals surface area contributed by atoms with Crippen molar-refractivity contribution in [2.75, 3.05) is 0 Å². The van der Waals surface area contributed by atoms with E-state index in [1.807, 2.05) is 44.2 Å². The number of carbonyl (C=O) groups excluding carboxylic acids is 1. The standard InChI is InChI=1S/C20H19ClN4OS/c1-11-8-9-22-18(23-11)16(13-6-7-13)25-19(26)17-12(2)24-20(27-17)14-4-3-5-15(21)10-14/h3-5,8-10,13,16H,6-7H2,1-2H3,(H,25,26)/t16-/m0/s1. The molecule has 1 N–H and O–H groups in total. The molecule has 1 amide bonds. The van der Waals surface area contributed by atoms with E-state index in [0.29, 0.717) is 27.3 Å². The predicted octanol–water partition coefficient (Wildman–Crippen LogP) is 4.75. The first-order chi connectivity index (χ1) is 13.0. The molecule has 138 valence electrons. The Morgan fingerprint density at radius 2 is 2.07 bits per heavy atom. The molecule has 0 spiro atoms. The highest BCUT2D eigenvalue weighted by Crippen LogP contribution is 2.40. The van der Waals surface area contributed by atoms with Gasteiger partial charge in [-0.05, 0) is 50.8 Å². The first-order valence-corrected chi connectivity index (χ1v) is 10.0. The molecule has 0 saturated heterocycles. The summed E-state index contributed by atoms with van der Waals surface area (Å²) in [6.45, 7) is 3.79. The van der Waals surface area contributed by atoms with Crippen molar-refractivity contribution >= 4 is 28.8 Å². The molecule has 1 aliphatic carbocycles. The summed E-state index contributed by atoms with van der Waals surface area (Å²) in [6.07, 6.45) is 3.91. The second-order valence-electron chi connectivity index (χ2n) is 6.79. The molecule has 2 aromatic heterocycles. The van der Waals surface area contributed by atoms with Gasteiger partial charge in [-0.25, -0.2) is 15.0 Å². The first kappa shape index (κ1) is 18.1. The van der Waals surface area contributed by atoms with Gasteiger partial charge in [-0.3, -0.25) is 4.79 Å². The van der Waals surface area contributed by atoms with Gasteiger partial charge in [0.2, 0.25) is 0 Å². The number of hydrogen-bond acceptors (Lipinski definition) is 5. The van der Waals surface area contributed by atoms with Crippen molar-refractivity contribution < 1.29 is 4.79 Å². The topological polar surface area (TPSA) is 67.8 Å². The normalized spacial score (nSPS) is 14.8. The van der Waals surface area contributed by atoms with E-state index >= 15 is 0 Å². The minimum atomic E-state index is -0.159. The zero-order valence-electron chi connectivity index (χ0n) is 15.1. The van der Waals surface area contributed by atoms with E-state index in [0.717, 1.165) is 29.1 Å². The Hall–Kier alpha value is -2.31. The Morgan fingerprint density at radius 1 is 1.26 bits per heavy atom. The molecule has 1 atom stereocenters. The fraction of sp³-hybridized carbons (Fsp3) is 0.300. The van der Waals surface area contributed by atoms with E-state index < -0.39 is 0 Å². The van der Waals surface area contributed by atoms with Crippen molar-refractivity contribution in [2.45, 2.75) is 32.7 Å². The third kappa shape index (κ3) is 4.01. The van der Waals surface area contributed by atoms with E-state index in [-0.39, 0.29) is 11.9 Å². The summed E-state index contributed by atoms with van der Waals surface area (Å²) in [4.78, 5) is 27.0. The average molecular weight is 399 g/mol. The maximum atomic E-state index is 13.0. The van der Waals surface area contributed by atoms with Crippen LogP contribution in [0.1, 0.15) is 45.8 Å². The van der Waals surface area contributed by atoms with Gasteiger partial charge in [0.1, 0.15) is 9.88 Å². The van der Waals surface area contributed by atoms with Crippen LogP contribution >= 0.6 is 22.9 Å². The summed E-state index contributed by atoms with van der Waals surface area (Å²) in [5.74, 6) is 0.958. The zero-order chi connectivity index (χ0) is 19.0. The molecule has 1 aromatic carbocycles. The lowest BCUT2D eigenvalue weighted by molar-refractivity contribution is 0.0933. The van der Waals surface area contributed by atoms with Crippen LogP contribution in [0.4, 0.5) is 0 Å². The third-order valence-corrected chi connectivity index (χ3v) is 5.99. The van der Waals surface area contributed by atoms with E-state index in [2.05, 4.69) is 20.3 Å². The van der Waals surface area contributed by atoms with Crippen molar-refractivity contribution in [2.24, 2.45) is 5.92 Å². The molecule has 5 nitrogen and oxygen atoms in total. The van der Waals surface area contributed by atoms with Crippen LogP contribution in [0, 0.1) is 19.8 Å². The van der Waals surface area contributed by atoms with Crippen LogP contribution in [0.3, 0.4) is 0 Å². The fourth-order valence-electron chi connectivity index (χ4n) is 3.00. The van der Waals surface area contributed by atoms with E-state index in [1.165, 1.54) is 11.3 Å². The van der Waals surface area contributed by atoms with E-state index in [9.17, 15) is 4.79 Å². The highest BCUT2D eigenvalue weighted by atomic mass is 35.5. The smallest absolute Gasteiger partial charge is 0.263 e. The van der Waals surface area contributed by atoms with Gasteiger partial charge >= 0.3 is 0 Å². The van der Waals surface area contributed by atoms with Gasteiger partial charge in [0.05, 0.1) is 11.7 Å². The molecule has 4 rings (SSSR count). The van der Waals surface area contributed by atoms with Crippen LogP contribution in [-0.4, -0.2) is 20.9 Å². The summed E-state index contributed by atoms with van der Waals surface area (Å²) in [6, 6.07) is 9.20. The minimum Gasteiger partial charge on any atom is -0.341 e. The molecule has 1 aliphatic rings. The molecular formula is C20H19ClN4OS. The third-order valence-electron chi connectivity index (χ3n) is 4.55. The quantitative estimate of drug-likeness (QED) is 0.673. The highest BCUT2D eigenvalue weighted by Gasteiger charge is 2.36. The summed E-state index contributed by atoms with van der Waals surface area (Å²) >= 11 is 7.46. The Balaban J connectivity index is 1.59. The fourth-order valence-corrected chi connectivity index (χ4v) is 4.16. The van der Waals surface area contributed by atoms with Gasteiger partial charge < -0.3 is 5.32 Å². The van der Waals surface area contributed by atoms with Crippen molar-refractivity contribution in [3.63, 3.8) is 0 Å². The van der Waals surface area contributed by atoms with Crippen molar-refractivity contribution in [1.29, 1.82) is 0 Å². The summed E-state index contributed by atoms with van der Waals surface area (Å²) < 4.78 is 0. The van der Waals surface area contributed by atoms with Gasteiger partial charge in [0.25, 0.3) is 5.91 Å². The molecule has 27 heavy (non-hydrogen) atoms. The van der Waals surface area contributed by atoms with E-state index in [4.69, 9.17) is 11.6 Å². The number of carbonyl (C=O) groups is 1. The Bertz CT molecular complexity index is 999. The maximum Gasteiger partial charge on any atom is 0.263 e. The average Bonchev–Trinajstić information content (AvgIpc) is 3.40. The number of amides is 1. The molecule has 3 aromatic rings. The number of halogens is 1. The highest BCUT2D eigenvalue weighted by molar-refractivity contribution is 7.17. The van der Waals surface area contributed by atoms with Gasteiger partial charge in [-0.15, -0.1) is 11.3 Å². The molecule has 0 unspecified atom stereocenters. The molecule has 0 bridgehead atoms. The first-order valence-electron chi connectivity index (χ1n) is 8.85. The lowest BCUT2D eigenvalue weighted by Gasteiger charge is -2.16. The van der Waals surface area contributed by atoms with Crippen LogP contribution in [0.5, 0.6) is 0 Å². The molecular weight excluding hydrogens is 380 g/mol. The van der Waals surface area contributed by atoms with Crippen molar-refractivity contribution in [3.05, 3.63) is 63.6 Å². The second-order valence-corrected chi connectivity index (χ2v) is 8.22. The lowest BCUT2D eigenvalue weighted by atomic mass is 10.1. The molecule has 7 heteroatoms. The molecule has 1 saturated carbocycles. The lowest BCUT2D eigenvalue weighted by Crippen LogP contribution is -2.31. The molecule has 1 fully saturated rings. The number of aryl methyl sites for hydroxylation is 2. The monoisotopic (exact) mass is 398 g/mol. The van der Waals surface area contributed by atoms with Crippen LogP contribution in [0.2, 0.25) is 5.02 Å². The number of nitrogens with one attached hydrogen (secondary N) is 1. The van der Waals surface area contributed by atoms with E-state index in [1.54, 1.807) is 6.20 Å². The maximum absolute atomic E-state index is 13.0. The van der Waals surface area contributed by atoms with Gasteiger partial charge in [0.15, 0.2) is 5.82 Å². The van der Waals surface area contributed by atoms with Crippen LogP contribution in [0.25, 0.3) is 10.6 Å². The largest absolute Gasteiger partial charge is 0.341 e. The SMILES string of the molecule is Cc1ccnc([C@@H](NC(=O)c2sc(-c3cccc(Cl)c3)nc2C)C2CC2)n1. The van der Waals surface area contributed by atoms with Gasteiger partial charge in [-0.1, -0.05) is 23.7 Å². The van der Waals surface area contributed by atoms with Crippen molar-refractivity contribution in [1.82, 2.24) is 20.3 Å². The number of rotatable bonds is 5. The van der Waals surface area contributed by atoms with Gasteiger partial charge in [-0.2, -0.15) is 0 Å². The van der Waals surface area contributed by atoms with Gasteiger partial charge in [0, 0.05) is 22.5 Å². The Morgan fingerprint density at radius 3 is 2.78 bits per heavy atom. The number of thiazole rings is 1. The summed E-state index contributed by atoms with van der Waals surface area (Å²) in [5, 5.41) is 4.57. The molecule has 2 heterocycles. The zero-order valence-corrected chi connectivity index (χ0v) is 16.6. The number of hydrogen-bond donors (Lipinski definition) is 1. The minimum absolute atomic E-state index is 0.125. The Kier molecular flexibility index (Phi) is 4.93. The molecule has 0 radical (unpaired) electrons. The van der Waals surface area contributed by atoms with Crippen LogP contribution in [0.15, 0.2) is 36.5 Å². The van der Waals surface area contributed by atoms with Crippen LogP contribution in [-0.2, 0) is 0 Å². The summed E-state index contributed by atoms with van der Waals surface area (Å²) in [5.41, 5.74) is 2.53. The van der Waals surface area contributed by atoms with Crippen LogP contribution < -0.4 is 5.32 Å². The predicted molar refractivity (Wildman–Crippen MR) is 107 cm³/mol. The van der Waals surface area contributed by atoms with Crippen molar-refractivity contribution in [3.8, 4) is 10.6 Å². The number of benzene rings is 1. The summed E-state index contributed by atoms with van der Waals surface area (Å²) in [7, 11) is 0. The second kappa shape index (κ2) is 7.37. The molecule has 0 aliphatic heterocycles.